The molecule has 1 saturated heterocycles. The Morgan fingerprint density at radius 2 is 1.87 bits per heavy atom. The van der Waals surface area contributed by atoms with Gasteiger partial charge in [0, 0.05) is 0 Å². The molecule has 0 aromatic rings. The predicted octanol–water partition coefficient (Wildman–Crippen LogP) is 0.400. The molecule has 15 heavy (non-hydrogen) atoms. The third-order valence-electron chi connectivity index (χ3n) is 2.91. The molecule has 0 radical (unpaired) electrons. The Bertz CT molecular complexity index is 487. The van der Waals surface area contributed by atoms with Crippen LogP contribution in [0.1, 0.15) is 19.8 Å². The lowest BCUT2D eigenvalue weighted by Crippen LogP contribution is -2.32. The van der Waals surface area contributed by atoms with Gasteiger partial charge in [0.05, 0.1) is 0 Å². The molecular weight excluding hydrogens is 240 g/mol. The summed E-state index contributed by atoms with van der Waals surface area (Å²) in [5.74, 6) is -0.234. The highest BCUT2D eigenvalue weighted by Gasteiger charge is 2.53. The van der Waals surface area contributed by atoms with Crippen LogP contribution in [0.2, 0.25) is 0 Å². The minimum absolute atomic E-state index is 0.234. The molecular formula is C8H12O5S2. The van der Waals surface area contributed by atoms with Crippen molar-refractivity contribution in [3.8, 4) is 0 Å². The average Bonchev–Trinajstić information content (AvgIpc) is 2.58. The second-order valence-electron chi connectivity index (χ2n) is 3.89. The Morgan fingerprint density at radius 1 is 1.20 bits per heavy atom. The van der Waals surface area contributed by atoms with Crippen LogP contribution in [-0.4, -0.2) is 27.3 Å². The quantitative estimate of drug-likeness (QED) is 0.631. The van der Waals surface area contributed by atoms with Crippen LogP contribution in [0.25, 0.3) is 0 Å². The zero-order chi connectivity index (χ0) is 11.3. The van der Waals surface area contributed by atoms with E-state index in [9.17, 15) is 16.8 Å². The van der Waals surface area contributed by atoms with Crippen LogP contribution in [0.3, 0.4) is 0 Å². The van der Waals surface area contributed by atoms with Crippen LogP contribution in [0.5, 0.6) is 0 Å². The van der Waals surface area contributed by atoms with Crippen molar-refractivity contribution in [3.05, 3.63) is 12.2 Å². The second kappa shape index (κ2) is 3.29. The van der Waals surface area contributed by atoms with E-state index in [2.05, 4.69) is 3.63 Å². The summed E-state index contributed by atoms with van der Waals surface area (Å²) in [6, 6.07) is 0. The molecule has 1 heterocycles. The van der Waals surface area contributed by atoms with Gasteiger partial charge in [-0.15, -0.1) is 3.63 Å². The monoisotopic (exact) mass is 252 g/mol. The van der Waals surface area contributed by atoms with E-state index in [0.717, 1.165) is 6.42 Å². The summed E-state index contributed by atoms with van der Waals surface area (Å²) in [4.78, 5) is 0. The first-order chi connectivity index (χ1) is 6.84. The molecule has 3 atom stereocenters. The van der Waals surface area contributed by atoms with E-state index in [-0.39, 0.29) is 5.92 Å². The maximum atomic E-state index is 11.5. The summed E-state index contributed by atoms with van der Waals surface area (Å²) in [6.45, 7) is 1.39. The van der Waals surface area contributed by atoms with Gasteiger partial charge in [0.15, 0.2) is 0 Å². The van der Waals surface area contributed by atoms with Crippen molar-refractivity contribution in [1.29, 1.82) is 0 Å². The van der Waals surface area contributed by atoms with Gasteiger partial charge in [0.25, 0.3) is 20.2 Å². The normalized spacial score (nSPS) is 42.1. The molecule has 0 bridgehead atoms. The van der Waals surface area contributed by atoms with E-state index >= 15 is 0 Å². The molecule has 0 saturated carbocycles. The van der Waals surface area contributed by atoms with E-state index in [1.54, 1.807) is 6.08 Å². The van der Waals surface area contributed by atoms with E-state index in [1.165, 1.54) is 6.92 Å². The topological polar surface area (TPSA) is 77.5 Å². The molecule has 1 fully saturated rings. The zero-order valence-corrected chi connectivity index (χ0v) is 9.79. The van der Waals surface area contributed by atoms with Crippen LogP contribution in [0, 0.1) is 5.92 Å². The summed E-state index contributed by atoms with van der Waals surface area (Å²) in [5.41, 5.74) is 0. The van der Waals surface area contributed by atoms with Crippen LogP contribution >= 0.6 is 0 Å². The van der Waals surface area contributed by atoms with Gasteiger partial charge in [-0.05, 0) is 25.7 Å². The summed E-state index contributed by atoms with van der Waals surface area (Å²) in [6.07, 6.45) is 5.11. The lowest BCUT2D eigenvalue weighted by atomic mass is 10.0. The fourth-order valence-corrected chi connectivity index (χ4v) is 6.52. The van der Waals surface area contributed by atoms with E-state index in [1.807, 2.05) is 6.08 Å². The second-order valence-corrected chi connectivity index (χ2v) is 7.70. The van der Waals surface area contributed by atoms with Crippen molar-refractivity contribution in [2.75, 3.05) is 0 Å². The Hall–Kier alpha value is -0.400. The Balaban J connectivity index is 2.43. The Morgan fingerprint density at radius 3 is 2.27 bits per heavy atom. The molecule has 0 aromatic carbocycles. The predicted molar refractivity (Wildman–Crippen MR) is 54.0 cm³/mol. The third-order valence-corrected chi connectivity index (χ3v) is 7.23. The van der Waals surface area contributed by atoms with E-state index in [4.69, 9.17) is 0 Å². The molecule has 0 amide bonds. The third kappa shape index (κ3) is 1.72. The van der Waals surface area contributed by atoms with Crippen molar-refractivity contribution in [2.45, 2.75) is 30.3 Å². The lowest BCUT2D eigenvalue weighted by Gasteiger charge is -2.15. The van der Waals surface area contributed by atoms with Gasteiger partial charge in [-0.1, -0.05) is 12.2 Å². The molecule has 2 rings (SSSR count). The smallest absolute Gasteiger partial charge is 0.198 e. The van der Waals surface area contributed by atoms with Crippen LogP contribution in [-0.2, 0) is 23.9 Å². The first kappa shape index (κ1) is 11.1. The number of allylic oxidation sites excluding steroid dienone is 2. The minimum atomic E-state index is -3.97. The summed E-state index contributed by atoms with van der Waals surface area (Å²) >= 11 is 0. The highest BCUT2D eigenvalue weighted by Crippen LogP contribution is 2.37. The maximum Gasteiger partial charge on any atom is 0.286 e. The molecule has 86 valence electrons. The van der Waals surface area contributed by atoms with Crippen molar-refractivity contribution in [1.82, 2.24) is 0 Å². The van der Waals surface area contributed by atoms with Gasteiger partial charge in [0.2, 0.25) is 0 Å². The molecule has 0 aromatic heterocycles. The molecule has 0 N–H and O–H groups in total. The Labute approximate surface area is 89.4 Å². The number of hydrogen-bond donors (Lipinski definition) is 0. The highest BCUT2D eigenvalue weighted by molar-refractivity contribution is 8.04. The van der Waals surface area contributed by atoms with Gasteiger partial charge >= 0.3 is 0 Å². The fourth-order valence-electron chi connectivity index (χ4n) is 2.13. The molecule has 3 unspecified atom stereocenters. The van der Waals surface area contributed by atoms with E-state index in [0.29, 0.717) is 6.42 Å². The Kier molecular flexibility index (Phi) is 2.44. The first-order valence-electron chi connectivity index (χ1n) is 4.70. The molecule has 1 aliphatic heterocycles. The molecule has 0 spiro atoms. The SMILES string of the molecule is CC1C(C2C=CCC2)S(=O)(=O)OS1(=O)=O. The van der Waals surface area contributed by atoms with Crippen molar-refractivity contribution < 1.29 is 20.5 Å². The number of hydrogen-bond acceptors (Lipinski definition) is 5. The summed E-state index contributed by atoms with van der Waals surface area (Å²) in [5, 5.41) is -1.92. The van der Waals surface area contributed by atoms with E-state index < -0.39 is 30.7 Å². The average molecular weight is 252 g/mol. The standard InChI is InChI=1S/C8H12O5S2/c1-6-8(7-4-2-3-5-7)15(11,12)13-14(6,9)10/h2,4,6-8H,3,5H2,1H3. The van der Waals surface area contributed by atoms with Gasteiger partial charge in [-0.3, -0.25) is 0 Å². The van der Waals surface area contributed by atoms with Crippen molar-refractivity contribution in [3.63, 3.8) is 0 Å². The molecule has 1 aliphatic carbocycles. The van der Waals surface area contributed by atoms with Gasteiger partial charge in [0.1, 0.15) is 10.5 Å². The minimum Gasteiger partial charge on any atom is -0.198 e. The summed E-state index contributed by atoms with van der Waals surface area (Å²) in [7, 11) is -7.91. The zero-order valence-electron chi connectivity index (χ0n) is 8.16. The fraction of sp³-hybridized carbons (Fsp3) is 0.750. The van der Waals surface area contributed by atoms with Gasteiger partial charge in [-0.2, -0.15) is 16.8 Å². The van der Waals surface area contributed by atoms with Gasteiger partial charge in [-0.25, -0.2) is 0 Å². The van der Waals surface area contributed by atoms with Crippen molar-refractivity contribution in [2.24, 2.45) is 5.92 Å². The highest BCUT2D eigenvalue weighted by atomic mass is 32.3. The lowest BCUT2D eigenvalue weighted by molar-refractivity contribution is 0.470. The van der Waals surface area contributed by atoms with Gasteiger partial charge < -0.3 is 0 Å². The molecule has 5 nitrogen and oxygen atoms in total. The first-order valence-corrected chi connectivity index (χ1v) is 7.64. The van der Waals surface area contributed by atoms with Crippen LogP contribution in [0.15, 0.2) is 12.2 Å². The van der Waals surface area contributed by atoms with Crippen LogP contribution < -0.4 is 0 Å². The molecule has 7 heteroatoms. The van der Waals surface area contributed by atoms with Crippen LogP contribution in [0.4, 0.5) is 0 Å². The number of rotatable bonds is 1. The molecule has 2 aliphatic rings. The maximum absolute atomic E-state index is 11.5. The van der Waals surface area contributed by atoms with Crippen molar-refractivity contribution >= 4 is 20.2 Å². The largest absolute Gasteiger partial charge is 0.286 e. The summed E-state index contributed by atoms with van der Waals surface area (Å²) < 4.78 is 49.9.